The van der Waals surface area contributed by atoms with Gasteiger partial charge in [0.1, 0.15) is 5.75 Å². The molecule has 1 amide bonds. The highest BCUT2D eigenvalue weighted by Crippen LogP contribution is 2.56. The third-order valence-electron chi connectivity index (χ3n) is 4.02. The Morgan fingerprint density at radius 1 is 1.17 bits per heavy atom. The quantitative estimate of drug-likeness (QED) is 0.407. The summed E-state index contributed by atoms with van der Waals surface area (Å²) in [7, 11) is 0. The predicted molar refractivity (Wildman–Crippen MR) is 96.5 cm³/mol. The molecule has 1 atom stereocenters. The van der Waals surface area contributed by atoms with E-state index in [-0.39, 0.29) is 11.9 Å². The molecule has 0 saturated carbocycles. The molecule has 0 aliphatic carbocycles. The van der Waals surface area contributed by atoms with Gasteiger partial charge in [0, 0.05) is 21.3 Å². The Balaban J connectivity index is 1.68. The van der Waals surface area contributed by atoms with Gasteiger partial charge in [0.05, 0.1) is 5.69 Å². The maximum absolute atomic E-state index is 12.9. The SMILES string of the molecule is O=C1CCC2(C(=O)Oc3ccc(I)cc3)Sc3ccccc3N12. The Hall–Kier alpha value is -1.54. The summed E-state index contributed by atoms with van der Waals surface area (Å²) >= 11 is 3.61. The number of ether oxygens (including phenoxy) is 1. The van der Waals surface area contributed by atoms with Crippen LogP contribution in [0.2, 0.25) is 0 Å². The molecule has 2 aromatic rings. The summed E-state index contributed by atoms with van der Waals surface area (Å²) in [5.74, 6) is 0.0911. The molecular formula is C17H12INO3S. The first-order chi connectivity index (χ1) is 11.1. The minimum absolute atomic E-state index is 0.0259. The van der Waals surface area contributed by atoms with E-state index in [9.17, 15) is 9.59 Å². The zero-order chi connectivity index (χ0) is 16.0. The standard InChI is InChI=1S/C17H12INO3S/c18-11-5-7-12(8-6-11)22-16(21)17-10-9-15(20)19(17)13-3-1-2-4-14(13)23-17/h1-8H,9-10H2. The topological polar surface area (TPSA) is 46.6 Å². The average Bonchev–Trinajstić information content (AvgIpc) is 3.06. The van der Waals surface area contributed by atoms with Crippen molar-refractivity contribution in [2.75, 3.05) is 4.90 Å². The largest absolute Gasteiger partial charge is 0.424 e. The highest BCUT2D eigenvalue weighted by atomic mass is 127. The van der Waals surface area contributed by atoms with Crippen molar-refractivity contribution >= 4 is 51.9 Å². The van der Waals surface area contributed by atoms with Gasteiger partial charge >= 0.3 is 5.97 Å². The van der Waals surface area contributed by atoms with Crippen molar-refractivity contribution in [1.29, 1.82) is 0 Å². The lowest BCUT2D eigenvalue weighted by molar-refractivity contribution is -0.137. The molecule has 2 aliphatic rings. The lowest BCUT2D eigenvalue weighted by atomic mass is 10.2. The number of halogens is 1. The number of esters is 1. The fourth-order valence-electron chi connectivity index (χ4n) is 2.96. The van der Waals surface area contributed by atoms with Crippen LogP contribution in [-0.2, 0) is 9.59 Å². The smallest absolute Gasteiger partial charge is 0.348 e. The van der Waals surface area contributed by atoms with Crippen LogP contribution in [-0.4, -0.2) is 16.7 Å². The minimum atomic E-state index is -0.968. The van der Waals surface area contributed by atoms with Crippen molar-refractivity contribution in [1.82, 2.24) is 0 Å². The van der Waals surface area contributed by atoms with Crippen molar-refractivity contribution in [2.45, 2.75) is 22.6 Å². The zero-order valence-electron chi connectivity index (χ0n) is 12.0. The van der Waals surface area contributed by atoms with Crippen LogP contribution in [0.4, 0.5) is 5.69 Å². The van der Waals surface area contributed by atoms with Gasteiger partial charge in [0.25, 0.3) is 0 Å². The molecule has 1 unspecified atom stereocenters. The van der Waals surface area contributed by atoms with Gasteiger partial charge in [0.15, 0.2) is 4.87 Å². The Labute approximate surface area is 151 Å². The number of anilines is 1. The van der Waals surface area contributed by atoms with E-state index >= 15 is 0 Å². The molecule has 4 rings (SSSR count). The first kappa shape index (κ1) is 15.0. The van der Waals surface area contributed by atoms with Crippen LogP contribution in [0.1, 0.15) is 12.8 Å². The lowest BCUT2D eigenvalue weighted by Crippen LogP contribution is -2.48. The van der Waals surface area contributed by atoms with Crippen LogP contribution >= 0.6 is 34.4 Å². The molecule has 2 aliphatic heterocycles. The van der Waals surface area contributed by atoms with Crippen LogP contribution in [0.3, 0.4) is 0 Å². The van der Waals surface area contributed by atoms with E-state index in [1.807, 2.05) is 36.4 Å². The van der Waals surface area contributed by atoms with E-state index < -0.39 is 4.87 Å². The molecule has 0 N–H and O–H groups in total. The van der Waals surface area contributed by atoms with Crippen molar-refractivity contribution in [2.24, 2.45) is 0 Å². The molecule has 0 spiro atoms. The van der Waals surface area contributed by atoms with Gasteiger partial charge in [-0.2, -0.15) is 0 Å². The van der Waals surface area contributed by atoms with Gasteiger partial charge in [-0.25, -0.2) is 4.79 Å². The molecule has 0 bridgehead atoms. The summed E-state index contributed by atoms with van der Waals surface area (Å²) in [6, 6.07) is 14.9. The van der Waals surface area contributed by atoms with Gasteiger partial charge in [0.2, 0.25) is 5.91 Å². The molecule has 2 aromatic carbocycles. The normalized spacial score (nSPS) is 22.0. The van der Waals surface area contributed by atoms with Gasteiger partial charge in [-0.05, 0) is 59.0 Å². The van der Waals surface area contributed by atoms with Gasteiger partial charge < -0.3 is 4.74 Å². The molecular weight excluding hydrogens is 425 g/mol. The molecule has 0 radical (unpaired) electrons. The summed E-state index contributed by atoms with van der Waals surface area (Å²) < 4.78 is 6.65. The number of thioether (sulfide) groups is 1. The third kappa shape index (κ3) is 2.35. The number of para-hydroxylation sites is 1. The fraction of sp³-hybridized carbons (Fsp3) is 0.176. The summed E-state index contributed by atoms with van der Waals surface area (Å²) in [4.78, 5) is 26.8. The van der Waals surface area contributed by atoms with Crippen molar-refractivity contribution < 1.29 is 14.3 Å². The molecule has 1 fully saturated rings. The number of carbonyl (C=O) groups is 2. The van der Waals surface area contributed by atoms with Gasteiger partial charge in [-0.1, -0.05) is 23.9 Å². The van der Waals surface area contributed by atoms with Crippen molar-refractivity contribution in [3.8, 4) is 5.75 Å². The second-order valence-electron chi connectivity index (χ2n) is 5.43. The fourth-order valence-corrected chi connectivity index (χ4v) is 4.72. The van der Waals surface area contributed by atoms with Crippen LogP contribution in [0.5, 0.6) is 5.75 Å². The molecule has 2 heterocycles. The number of fused-ring (bicyclic) bond motifs is 3. The van der Waals surface area contributed by atoms with E-state index in [0.717, 1.165) is 14.2 Å². The average molecular weight is 437 g/mol. The highest BCUT2D eigenvalue weighted by Gasteiger charge is 2.58. The lowest BCUT2D eigenvalue weighted by Gasteiger charge is -2.28. The molecule has 6 heteroatoms. The van der Waals surface area contributed by atoms with E-state index in [1.165, 1.54) is 11.8 Å². The second kappa shape index (κ2) is 5.52. The molecule has 1 saturated heterocycles. The van der Waals surface area contributed by atoms with Crippen LogP contribution in [0, 0.1) is 3.57 Å². The summed E-state index contributed by atoms with van der Waals surface area (Å²) in [6.45, 7) is 0. The van der Waals surface area contributed by atoms with E-state index in [2.05, 4.69) is 22.6 Å². The second-order valence-corrected chi connectivity index (χ2v) is 7.99. The maximum atomic E-state index is 12.9. The number of amides is 1. The Morgan fingerprint density at radius 2 is 1.91 bits per heavy atom. The molecule has 0 aromatic heterocycles. The van der Waals surface area contributed by atoms with E-state index in [0.29, 0.717) is 18.6 Å². The number of hydrogen-bond donors (Lipinski definition) is 0. The summed E-state index contributed by atoms with van der Waals surface area (Å²) in [6.07, 6.45) is 0.831. The van der Waals surface area contributed by atoms with Crippen molar-refractivity contribution in [3.05, 3.63) is 52.1 Å². The first-order valence-electron chi connectivity index (χ1n) is 7.19. The number of hydrogen-bond acceptors (Lipinski definition) is 4. The maximum Gasteiger partial charge on any atom is 0.348 e. The molecule has 23 heavy (non-hydrogen) atoms. The Morgan fingerprint density at radius 3 is 2.70 bits per heavy atom. The zero-order valence-corrected chi connectivity index (χ0v) is 15.0. The van der Waals surface area contributed by atoms with Gasteiger partial charge in [-0.15, -0.1) is 0 Å². The van der Waals surface area contributed by atoms with Crippen LogP contribution in [0.25, 0.3) is 0 Å². The number of rotatable bonds is 2. The van der Waals surface area contributed by atoms with E-state index in [4.69, 9.17) is 4.74 Å². The number of nitrogens with zero attached hydrogens (tertiary/aromatic N) is 1. The minimum Gasteiger partial charge on any atom is -0.424 e. The van der Waals surface area contributed by atoms with Crippen molar-refractivity contribution in [3.63, 3.8) is 0 Å². The summed E-state index contributed by atoms with van der Waals surface area (Å²) in [5.41, 5.74) is 0.805. The van der Waals surface area contributed by atoms with E-state index in [1.54, 1.807) is 17.0 Å². The summed E-state index contributed by atoms with van der Waals surface area (Å²) in [5, 5.41) is 0. The number of carbonyl (C=O) groups excluding carboxylic acids is 2. The number of benzene rings is 2. The third-order valence-corrected chi connectivity index (χ3v) is 6.19. The van der Waals surface area contributed by atoms with Gasteiger partial charge in [-0.3, -0.25) is 9.69 Å². The molecule has 116 valence electrons. The highest BCUT2D eigenvalue weighted by molar-refractivity contribution is 14.1. The van der Waals surface area contributed by atoms with Crippen LogP contribution in [0.15, 0.2) is 53.4 Å². The van der Waals surface area contributed by atoms with Crippen LogP contribution < -0.4 is 9.64 Å². The Kier molecular flexibility index (Phi) is 3.60. The Bertz CT molecular complexity index is 808. The molecule has 4 nitrogen and oxygen atoms in total. The monoisotopic (exact) mass is 437 g/mol. The first-order valence-corrected chi connectivity index (χ1v) is 9.09. The predicted octanol–water partition coefficient (Wildman–Crippen LogP) is 3.83.